The molecule has 9 heteroatoms. The van der Waals surface area contributed by atoms with Gasteiger partial charge >= 0.3 is 6.03 Å². The molecule has 1 aliphatic heterocycles. The fourth-order valence-corrected chi connectivity index (χ4v) is 2.58. The van der Waals surface area contributed by atoms with Gasteiger partial charge in [-0.2, -0.15) is 0 Å². The number of ether oxygens (including phenoxy) is 1. The molecule has 1 N–H and O–H groups in total. The Kier molecular flexibility index (Phi) is 4.99. The maximum absolute atomic E-state index is 14.0. The molecule has 0 bridgehead atoms. The van der Waals surface area contributed by atoms with E-state index in [0.29, 0.717) is 12.2 Å². The molecule has 0 saturated carbocycles. The van der Waals surface area contributed by atoms with E-state index in [-0.39, 0.29) is 11.8 Å². The minimum Gasteiger partial charge on any atom is -0.376 e. The summed E-state index contributed by atoms with van der Waals surface area (Å²) in [7, 11) is 1.66. The number of halogens is 1. The van der Waals surface area contributed by atoms with E-state index in [2.05, 4.69) is 20.8 Å². The topological polar surface area (TPSA) is 85.2 Å². The summed E-state index contributed by atoms with van der Waals surface area (Å²) in [5.74, 6) is -0.525. The second-order valence-corrected chi connectivity index (χ2v) is 5.72. The Labute approximate surface area is 138 Å². The second-order valence-electron chi connectivity index (χ2n) is 5.72. The number of nitrogens with zero attached hydrogens (tertiary/aromatic N) is 5. The zero-order valence-electron chi connectivity index (χ0n) is 13.4. The molecule has 0 radical (unpaired) electrons. The molecule has 1 saturated heterocycles. The highest BCUT2D eigenvalue weighted by Gasteiger charge is 2.19. The van der Waals surface area contributed by atoms with Crippen molar-refractivity contribution in [2.24, 2.45) is 0 Å². The highest BCUT2D eigenvalue weighted by atomic mass is 19.1. The van der Waals surface area contributed by atoms with Crippen molar-refractivity contribution in [3.8, 4) is 5.69 Å². The standard InChI is InChI=1S/C15H19FN6O2/c1-21(9-12-4-2-3-7-24-12)15(23)18-14-8-11(5-6-13(14)16)22-10-17-19-20-22/h5-6,8,10,12H,2-4,7,9H2,1H3,(H,18,23)/t12-/m0/s1. The van der Waals surface area contributed by atoms with Crippen molar-refractivity contribution in [1.82, 2.24) is 25.1 Å². The molecule has 128 valence electrons. The molecule has 1 aromatic carbocycles. The van der Waals surface area contributed by atoms with E-state index in [1.165, 1.54) is 34.1 Å². The molecule has 0 spiro atoms. The molecule has 3 rings (SSSR count). The lowest BCUT2D eigenvalue weighted by Gasteiger charge is -2.27. The lowest BCUT2D eigenvalue weighted by atomic mass is 10.1. The predicted octanol–water partition coefficient (Wildman–Crippen LogP) is 1.83. The third-order valence-corrected chi connectivity index (χ3v) is 3.90. The molecule has 1 aromatic heterocycles. The first-order valence-corrected chi connectivity index (χ1v) is 7.80. The highest BCUT2D eigenvalue weighted by molar-refractivity contribution is 5.89. The predicted molar refractivity (Wildman–Crippen MR) is 84.4 cm³/mol. The Bertz CT molecular complexity index is 687. The number of hydrogen-bond donors (Lipinski definition) is 1. The molecule has 2 amide bonds. The van der Waals surface area contributed by atoms with E-state index in [1.54, 1.807) is 7.05 Å². The van der Waals surface area contributed by atoms with Crippen LogP contribution >= 0.6 is 0 Å². The van der Waals surface area contributed by atoms with E-state index < -0.39 is 11.8 Å². The molecule has 1 atom stereocenters. The number of nitrogens with one attached hydrogen (secondary N) is 1. The molecule has 1 fully saturated rings. The lowest BCUT2D eigenvalue weighted by Crippen LogP contribution is -2.39. The highest BCUT2D eigenvalue weighted by Crippen LogP contribution is 2.19. The molecule has 24 heavy (non-hydrogen) atoms. The number of aromatic nitrogens is 4. The van der Waals surface area contributed by atoms with Crippen LogP contribution in [0.2, 0.25) is 0 Å². The Morgan fingerprint density at radius 2 is 2.38 bits per heavy atom. The summed E-state index contributed by atoms with van der Waals surface area (Å²) >= 11 is 0. The molecule has 0 aliphatic carbocycles. The molecule has 1 aliphatic rings. The van der Waals surface area contributed by atoms with Crippen LogP contribution in [0, 0.1) is 5.82 Å². The number of urea groups is 1. The van der Waals surface area contributed by atoms with Gasteiger partial charge in [0.25, 0.3) is 0 Å². The number of benzene rings is 1. The van der Waals surface area contributed by atoms with Crippen LogP contribution in [-0.4, -0.2) is 57.4 Å². The van der Waals surface area contributed by atoms with Crippen molar-refractivity contribution in [2.45, 2.75) is 25.4 Å². The van der Waals surface area contributed by atoms with Gasteiger partial charge in [-0.1, -0.05) is 0 Å². The molecular weight excluding hydrogens is 315 g/mol. The Balaban J connectivity index is 1.66. The van der Waals surface area contributed by atoms with Gasteiger partial charge in [0.05, 0.1) is 17.5 Å². The fraction of sp³-hybridized carbons (Fsp3) is 0.467. The number of tetrazole rings is 1. The smallest absolute Gasteiger partial charge is 0.321 e. The minimum atomic E-state index is -0.525. The normalized spacial score (nSPS) is 17.5. The van der Waals surface area contributed by atoms with Gasteiger partial charge in [0, 0.05) is 20.2 Å². The number of likely N-dealkylation sites (N-methyl/N-ethyl adjacent to an activating group) is 1. The van der Waals surface area contributed by atoms with Gasteiger partial charge in [0.2, 0.25) is 0 Å². The van der Waals surface area contributed by atoms with Crippen molar-refractivity contribution < 1.29 is 13.9 Å². The summed E-state index contributed by atoms with van der Waals surface area (Å²) < 4.78 is 21.0. The second kappa shape index (κ2) is 7.35. The maximum Gasteiger partial charge on any atom is 0.321 e. The Hall–Kier alpha value is -2.55. The Morgan fingerprint density at radius 1 is 1.50 bits per heavy atom. The first-order chi connectivity index (χ1) is 11.6. The largest absolute Gasteiger partial charge is 0.376 e. The zero-order chi connectivity index (χ0) is 16.9. The monoisotopic (exact) mass is 334 g/mol. The van der Waals surface area contributed by atoms with E-state index >= 15 is 0 Å². The maximum atomic E-state index is 14.0. The first kappa shape index (κ1) is 16.3. The molecule has 2 aromatic rings. The van der Waals surface area contributed by atoms with Crippen LogP contribution in [0.25, 0.3) is 5.69 Å². The van der Waals surface area contributed by atoms with Crippen LogP contribution in [0.15, 0.2) is 24.5 Å². The number of carbonyl (C=O) groups is 1. The van der Waals surface area contributed by atoms with Crippen LogP contribution in [0.4, 0.5) is 14.9 Å². The first-order valence-electron chi connectivity index (χ1n) is 7.80. The average Bonchev–Trinajstić information content (AvgIpc) is 3.12. The summed E-state index contributed by atoms with van der Waals surface area (Å²) in [5.41, 5.74) is 0.624. The SMILES string of the molecule is CN(C[C@@H]1CCCCO1)C(=O)Nc1cc(-n2cnnn2)ccc1F. The number of anilines is 1. The molecule has 2 heterocycles. The van der Waals surface area contributed by atoms with Crippen molar-refractivity contribution >= 4 is 11.7 Å². The zero-order valence-corrected chi connectivity index (χ0v) is 13.4. The average molecular weight is 334 g/mol. The van der Waals surface area contributed by atoms with Crippen molar-refractivity contribution in [1.29, 1.82) is 0 Å². The van der Waals surface area contributed by atoms with Gasteiger partial charge in [-0.3, -0.25) is 0 Å². The van der Waals surface area contributed by atoms with E-state index in [0.717, 1.165) is 25.9 Å². The van der Waals surface area contributed by atoms with E-state index in [1.807, 2.05) is 0 Å². The van der Waals surface area contributed by atoms with Gasteiger partial charge in [-0.25, -0.2) is 13.9 Å². The van der Waals surface area contributed by atoms with Crippen LogP contribution in [0.3, 0.4) is 0 Å². The quantitative estimate of drug-likeness (QED) is 0.922. The van der Waals surface area contributed by atoms with Gasteiger partial charge < -0.3 is 15.0 Å². The van der Waals surface area contributed by atoms with Crippen LogP contribution in [0.1, 0.15) is 19.3 Å². The van der Waals surface area contributed by atoms with Gasteiger partial charge in [0.1, 0.15) is 12.1 Å². The van der Waals surface area contributed by atoms with Gasteiger partial charge in [-0.15, -0.1) is 5.10 Å². The third-order valence-electron chi connectivity index (χ3n) is 3.90. The van der Waals surface area contributed by atoms with Crippen molar-refractivity contribution in [3.05, 3.63) is 30.3 Å². The summed E-state index contributed by atoms with van der Waals surface area (Å²) in [4.78, 5) is 13.8. The van der Waals surface area contributed by atoms with Crippen LogP contribution < -0.4 is 5.32 Å². The number of carbonyl (C=O) groups excluding carboxylic acids is 1. The van der Waals surface area contributed by atoms with Crippen molar-refractivity contribution in [2.75, 3.05) is 25.5 Å². The van der Waals surface area contributed by atoms with Gasteiger partial charge in [0.15, 0.2) is 0 Å². The summed E-state index contributed by atoms with van der Waals surface area (Å²) in [6.07, 6.45) is 4.52. The summed E-state index contributed by atoms with van der Waals surface area (Å²) in [6, 6.07) is 3.88. The van der Waals surface area contributed by atoms with E-state index in [9.17, 15) is 9.18 Å². The number of hydrogen-bond acceptors (Lipinski definition) is 5. The van der Waals surface area contributed by atoms with Crippen LogP contribution in [-0.2, 0) is 4.74 Å². The molecular formula is C15H19FN6O2. The lowest BCUT2D eigenvalue weighted by molar-refractivity contribution is 0.00463. The van der Waals surface area contributed by atoms with Gasteiger partial charge in [-0.05, 0) is 47.9 Å². The van der Waals surface area contributed by atoms with Crippen LogP contribution in [0.5, 0.6) is 0 Å². The van der Waals surface area contributed by atoms with Crippen molar-refractivity contribution in [3.63, 3.8) is 0 Å². The van der Waals surface area contributed by atoms with E-state index in [4.69, 9.17) is 4.74 Å². The fourth-order valence-electron chi connectivity index (χ4n) is 2.58. The molecule has 0 unspecified atom stereocenters. The third kappa shape index (κ3) is 3.85. The Morgan fingerprint density at radius 3 is 3.08 bits per heavy atom. The summed E-state index contributed by atoms with van der Waals surface area (Å²) in [6.45, 7) is 1.20. The number of rotatable bonds is 4. The summed E-state index contributed by atoms with van der Waals surface area (Å²) in [5, 5.41) is 13.4. The number of amides is 2. The minimum absolute atomic E-state index is 0.0342. The molecule has 8 nitrogen and oxygen atoms in total.